The van der Waals surface area contributed by atoms with E-state index in [0.717, 1.165) is 19.5 Å². The number of aromatic nitrogens is 2. The van der Waals surface area contributed by atoms with E-state index in [9.17, 15) is 0 Å². The summed E-state index contributed by atoms with van der Waals surface area (Å²) in [7, 11) is 1.99. The lowest BCUT2D eigenvalue weighted by Gasteiger charge is -2.03. The van der Waals surface area contributed by atoms with Gasteiger partial charge in [-0.25, -0.2) is 0 Å². The number of hydrogen-bond acceptors (Lipinski definition) is 3. The van der Waals surface area contributed by atoms with Gasteiger partial charge >= 0.3 is 0 Å². The Bertz CT molecular complexity index is 685. The highest BCUT2D eigenvalue weighted by atomic mass is 32.1. The number of nitrogens with zero attached hydrogens (tertiary/aromatic N) is 2. The number of benzene rings is 1. The third-order valence-electron chi connectivity index (χ3n) is 3.54. The SMILES string of the molecule is Cn1nccc1CCNCc1cc(-c2ccccc2)cs1. The molecule has 0 atom stereocenters. The van der Waals surface area contributed by atoms with Gasteiger partial charge in [0.25, 0.3) is 0 Å². The predicted molar refractivity (Wildman–Crippen MR) is 88.4 cm³/mol. The van der Waals surface area contributed by atoms with Gasteiger partial charge < -0.3 is 5.32 Å². The molecule has 0 unspecified atom stereocenters. The Balaban J connectivity index is 1.50. The Morgan fingerprint density at radius 1 is 1.14 bits per heavy atom. The largest absolute Gasteiger partial charge is 0.311 e. The van der Waals surface area contributed by atoms with Crippen LogP contribution in [0.25, 0.3) is 11.1 Å². The topological polar surface area (TPSA) is 29.9 Å². The molecule has 3 nitrogen and oxygen atoms in total. The average molecular weight is 297 g/mol. The second-order valence-electron chi connectivity index (χ2n) is 5.04. The Morgan fingerprint density at radius 2 is 2.00 bits per heavy atom. The van der Waals surface area contributed by atoms with Crippen LogP contribution < -0.4 is 5.32 Å². The van der Waals surface area contributed by atoms with E-state index in [2.05, 4.69) is 58.3 Å². The Labute approximate surface area is 129 Å². The summed E-state index contributed by atoms with van der Waals surface area (Å²) in [6.45, 7) is 1.90. The van der Waals surface area contributed by atoms with E-state index in [4.69, 9.17) is 0 Å². The molecule has 108 valence electrons. The first kappa shape index (κ1) is 14.0. The minimum atomic E-state index is 0.926. The summed E-state index contributed by atoms with van der Waals surface area (Å²) in [5.74, 6) is 0. The van der Waals surface area contributed by atoms with E-state index < -0.39 is 0 Å². The zero-order valence-corrected chi connectivity index (χ0v) is 12.9. The lowest BCUT2D eigenvalue weighted by molar-refractivity contribution is 0.646. The van der Waals surface area contributed by atoms with E-state index in [0.29, 0.717) is 0 Å². The highest BCUT2D eigenvalue weighted by Gasteiger charge is 2.02. The Kier molecular flexibility index (Phi) is 4.48. The lowest BCUT2D eigenvalue weighted by atomic mass is 10.1. The predicted octanol–water partition coefficient (Wildman–Crippen LogP) is 3.48. The highest BCUT2D eigenvalue weighted by Crippen LogP contribution is 2.25. The van der Waals surface area contributed by atoms with Crippen LogP contribution in [0.3, 0.4) is 0 Å². The van der Waals surface area contributed by atoms with Gasteiger partial charge in [0.2, 0.25) is 0 Å². The van der Waals surface area contributed by atoms with Gasteiger partial charge in [-0.15, -0.1) is 11.3 Å². The molecule has 2 heterocycles. The van der Waals surface area contributed by atoms with E-state index in [1.807, 2.05) is 29.3 Å². The van der Waals surface area contributed by atoms with Gasteiger partial charge in [0.15, 0.2) is 0 Å². The Morgan fingerprint density at radius 3 is 2.76 bits per heavy atom. The molecule has 21 heavy (non-hydrogen) atoms. The molecule has 3 aromatic rings. The molecule has 0 radical (unpaired) electrons. The lowest BCUT2D eigenvalue weighted by Crippen LogP contribution is -2.17. The van der Waals surface area contributed by atoms with Crippen LogP contribution >= 0.6 is 11.3 Å². The fraction of sp³-hybridized carbons (Fsp3) is 0.235. The smallest absolute Gasteiger partial charge is 0.0492 e. The van der Waals surface area contributed by atoms with E-state index in [1.54, 1.807) is 0 Å². The van der Waals surface area contributed by atoms with Gasteiger partial charge in [-0.05, 0) is 28.6 Å². The number of rotatable bonds is 6. The quantitative estimate of drug-likeness (QED) is 0.706. The van der Waals surface area contributed by atoms with Crippen molar-refractivity contribution in [3.63, 3.8) is 0 Å². The van der Waals surface area contributed by atoms with Crippen molar-refractivity contribution in [3.05, 3.63) is 64.6 Å². The summed E-state index contributed by atoms with van der Waals surface area (Å²) >= 11 is 1.82. The van der Waals surface area contributed by atoms with Crippen LogP contribution in [0.4, 0.5) is 0 Å². The maximum atomic E-state index is 4.18. The molecular formula is C17H19N3S. The van der Waals surface area contributed by atoms with Crippen LogP contribution in [0, 0.1) is 0 Å². The standard InChI is InChI=1S/C17H19N3S/c1-20-16(8-10-19-20)7-9-18-12-17-11-15(13-21-17)14-5-3-2-4-6-14/h2-6,8,10-11,13,18H,7,9,12H2,1H3. The van der Waals surface area contributed by atoms with Crippen LogP contribution in [0.1, 0.15) is 10.6 Å². The summed E-state index contributed by atoms with van der Waals surface area (Å²) in [4.78, 5) is 1.37. The molecule has 4 heteroatoms. The van der Waals surface area contributed by atoms with Crippen molar-refractivity contribution < 1.29 is 0 Å². The van der Waals surface area contributed by atoms with Crippen molar-refractivity contribution in [2.45, 2.75) is 13.0 Å². The van der Waals surface area contributed by atoms with Crippen LogP contribution in [0.2, 0.25) is 0 Å². The summed E-state index contributed by atoms with van der Waals surface area (Å²) in [6, 6.07) is 14.9. The molecule has 0 aliphatic rings. The number of hydrogen-bond donors (Lipinski definition) is 1. The number of aryl methyl sites for hydroxylation is 1. The second kappa shape index (κ2) is 6.70. The van der Waals surface area contributed by atoms with Crippen LogP contribution in [0.15, 0.2) is 54.0 Å². The van der Waals surface area contributed by atoms with Gasteiger partial charge in [0.05, 0.1) is 0 Å². The number of nitrogens with one attached hydrogen (secondary N) is 1. The van der Waals surface area contributed by atoms with Crippen molar-refractivity contribution in [1.29, 1.82) is 0 Å². The molecule has 0 aliphatic carbocycles. The maximum absolute atomic E-state index is 4.18. The summed E-state index contributed by atoms with van der Waals surface area (Å²) in [5.41, 5.74) is 3.86. The molecule has 0 aliphatic heterocycles. The van der Waals surface area contributed by atoms with E-state index in [-0.39, 0.29) is 0 Å². The zero-order valence-electron chi connectivity index (χ0n) is 12.1. The van der Waals surface area contributed by atoms with Crippen LogP contribution in [0.5, 0.6) is 0 Å². The van der Waals surface area contributed by atoms with Crippen molar-refractivity contribution in [2.24, 2.45) is 7.05 Å². The second-order valence-corrected chi connectivity index (χ2v) is 6.04. The van der Waals surface area contributed by atoms with Gasteiger partial charge in [-0.1, -0.05) is 30.3 Å². The monoisotopic (exact) mass is 297 g/mol. The summed E-state index contributed by atoms with van der Waals surface area (Å²) < 4.78 is 1.93. The molecule has 0 saturated heterocycles. The third kappa shape index (κ3) is 3.60. The minimum Gasteiger partial charge on any atom is -0.311 e. The van der Waals surface area contributed by atoms with Gasteiger partial charge in [-0.2, -0.15) is 5.10 Å². The number of thiophene rings is 1. The van der Waals surface area contributed by atoms with E-state index >= 15 is 0 Å². The highest BCUT2D eigenvalue weighted by molar-refractivity contribution is 7.10. The molecule has 1 aromatic carbocycles. The molecule has 0 bridgehead atoms. The molecule has 0 spiro atoms. The van der Waals surface area contributed by atoms with E-state index in [1.165, 1.54) is 21.7 Å². The molecule has 3 rings (SSSR count). The molecule has 0 fully saturated rings. The normalized spacial score (nSPS) is 10.9. The molecule has 2 aromatic heterocycles. The minimum absolute atomic E-state index is 0.926. The maximum Gasteiger partial charge on any atom is 0.0492 e. The third-order valence-corrected chi connectivity index (χ3v) is 4.48. The van der Waals surface area contributed by atoms with Crippen molar-refractivity contribution in [1.82, 2.24) is 15.1 Å². The first-order valence-corrected chi connectivity index (χ1v) is 8.01. The van der Waals surface area contributed by atoms with Crippen LogP contribution in [-0.2, 0) is 20.0 Å². The molecule has 0 amide bonds. The van der Waals surface area contributed by atoms with Crippen molar-refractivity contribution in [3.8, 4) is 11.1 Å². The Hall–Kier alpha value is -1.91. The average Bonchev–Trinajstić information content (AvgIpc) is 3.14. The van der Waals surface area contributed by atoms with Gasteiger partial charge in [0, 0.05) is 43.3 Å². The van der Waals surface area contributed by atoms with Gasteiger partial charge in [-0.3, -0.25) is 4.68 Å². The fourth-order valence-electron chi connectivity index (χ4n) is 2.33. The van der Waals surface area contributed by atoms with Crippen molar-refractivity contribution >= 4 is 11.3 Å². The van der Waals surface area contributed by atoms with Gasteiger partial charge in [0.1, 0.15) is 0 Å². The van der Waals surface area contributed by atoms with Crippen molar-refractivity contribution in [2.75, 3.05) is 6.54 Å². The molecular weight excluding hydrogens is 278 g/mol. The first-order chi connectivity index (χ1) is 10.3. The summed E-state index contributed by atoms with van der Waals surface area (Å²) in [6.07, 6.45) is 2.86. The fourth-order valence-corrected chi connectivity index (χ4v) is 3.19. The molecule has 0 saturated carbocycles. The van der Waals surface area contributed by atoms with Crippen LogP contribution in [-0.4, -0.2) is 16.3 Å². The molecule has 1 N–H and O–H groups in total. The summed E-state index contributed by atoms with van der Waals surface area (Å²) in [5, 5.41) is 9.91. The zero-order chi connectivity index (χ0) is 14.5. The first-order valence-electron chi connectivity index (χ1n) is 7.13.